The zero-order valence-corrected chi connectivity index (χ0v) is 9.70. The maximum absolute atomic E-state index is 11.2. The average Bonchev–Trinajstić information content (AvgIpc) is 2.26. The van der Waals surface area contributed by atoms with Crippen LogP contribution < -0.4 is 16.4 Å². The van der Waals surface area contributed by atoms with Gasteiger partial charge in [-0.2, -0.15) is 8.42 Å². The third-order valence-electron chi connectivity index (χ3n) is 1.84. The van der Waals surface area contributed by atoms with Gasteiger partial charge in [-0.3, -0.25) is 4.55 Å². The molecule has 0 atom stereocenters. The summed E-state index contributed by atoms with van der Waals surface area (Å²) >= 11 is 0. The number of nitrogens with one attached hydrogen (secondary N) is 2. The molecule has 17 heavy (non-hydrogen) atoms. The van der Waals surface area contributed by atoms with Crippen molar-refractivity contribution in [3.8, 4) is 0 Å². The molecular formula is C9H13N3O4S. The molecule has 0 saturated heterocycles. The van der Waals surface area contributed by atoms with Gasteiger partial charge >= 0.3 is 6.03 Å². The molecule has 1 aromatic carbocycles. The molecule has 0 aliphatic heterocycles. The second-order valence-corrected chi connectivity index (χ2v) is 4.71. The van der Waals surface area contributed by atoms with Crippen molar-refractivity contribution in [1.82, 2.24) is 5.32 Å². The molecule has 94 valence electrons. The van der Waals surface area contributed by atoms with Crippen LogP contribution in [0.5, 0.6) is 0 Å². The Bertz CT molecular complexity index is 501. The second kappa shape index (κ2) is 5.62. The lowest BCUT2D eigenvalue weighted by atomic mass is 10.2. The SMILES string of the molecule is NCc1cccc(NC(=O)NCS(=O)(=O)O)c1. The minimum Gasteiger partial charge on any atom is -0.326 e. The highest BCUT2D eigenvalue weighted by Crippen LogP contribution is 2.09. The monoisotopic (exact) mass is 259 g/mol. The smallest absolute Gasteiger partial charge is 0.320 e. The van der Waals surface area contributed by atoms with E-state index >= 15 is 0 Å². The van der Waals surface area contributed by atoms with Crippen molar-refractivity contribution in [2.24, 2.45) is 5.73 Å². The van der Waals surface area contributed by atoms with Gasteiger partial charge in [0.2, 0.25) is 0 Å². The Morgan fingerprint density at radius 3 is 2.71 bits per heavy atom. The van der Waals surface area contributed by atoms with Gasteiger partial charge < -0.3 is 16.4 Å². The van der Waals surface area contributed by atoms with Crippen molar-refractivity contribution in [1.29, 1.82) is 0 Å². The fourth-order valence-electron chi connectivity index (χ4n) is 1.11. The highest BCUT2D eigenvalue weighted by Gasteiger charge is 2.07. The van der Waals surface area contributed by atoms with Crippen LogP contribution in [0.4, 0.5) is 10.5 Å². The predicted molar refractivity (Wildman–Crippen MR) is 62.9 cm³/mol. The van der Waals surface area contributed by atoms with Crippen molar-refractivity contribution >= 4 is 21.8 Å². The first-order chi connectivity index (χ1) is 7.90. The summed E-state index contributed by atoms with van der Waals surface area (Å²) < 4.78 is 29.2. The van der Waals surface area contributed by atoms with Crippen molar-refractivity contribution in [3.63, 3.8) is 0 Å². The number of anilines is 1. The van der Waals surface area contributed by atoms with Crippen LogP contribution >= 0.6 is 0 Å². The molecule has 0 aliphatic carbocycles. The van der Waals surface area contributed by atoms with E-state index in [-0.39, 0.29) is 0 Å². The molecule has 0 saturated carbocycles. The third-order valence-corrected chi connectivity index (χ3v) is 2.34. The molecule has 0 fully saturated rings. The molecule has 1 aromatic rings. The summed E-state index contributed by atoms with van der Waals surface area (Å²) in [5, 5.41) is 4.40. The van der Waals surface area contributed by atoms with Crippen molar-refractivity contribution < 1.29 is 17.8 Å². The fourth-order valence-corrected chi connectivity index (χ4v) is 1.42. The number of benzene rings is 1. The van der Waals surface area contributed by atoms with E-state index in [4.69, 9.17) is 10.3 Å². The molecule has 1 rings (SSSR count). The minimum absolute atomic E-state index is 0.335. The first-order valence-corrected chi connectivity index (χ1v) is 6.30. The maximum Gasteiger partial charge on any atom is 0.320 e. The van der Waals surface area contributed by atoms with E-state index in [0.717, 1.165) is 5.56 Å². The molecule has 0 heterocycles. The van der Waals surface area contributed by atoms with Crippen LogP contribution in [0.3, 0.4) is 0 Å². The van der Waals surface area contributed by atoms with Gasteiger partial charge in [0.15, 0.2) is 0 Å². The van der Waals surface area contributed by atoms with Gasteiger partial charge in [0.1, 0.15) is 5.88 Å². The van der Waals surface area contributed by atoms with E-state index in [9.17, 15) is 13.2 Å². The predicted octanol–water partition coefficient (Wildman–Crippen LogP) is 0.112. The first kappa shape index (κ1) is 13.4. The minimum atomic E-state index is -4.22. The molecule has 5 N–H and O–H groups in total. The van der Waals surface area contributed by atoms with Gasteiger partial charge in [0.25, 0.3) is 10.1 Å². The summed E-state index contributed by atoms with van der Waals surface area (Å²) in [5.74, 6) is -0.838. The largest absolute Gasteiger partial charge is 0.326 e. The van der Waals surface area contributed by atoms with Crippen molar-refractivity contribution in [3.05, 3.63) is 29.8 Å². The van der Waals surface area contributed by atoms with Crippen LogP contribution in [-0.4, -0.2) is 24.9 Å². The molecule has 0 aromatic heterocycles. The number of nitrogens with two attached hydrogens (primary N) is 1. The van der Waals surface area contributed by atoms with Crippen LogP contribution in [0, 0.1) is 0 Å². The number of rotatable bonds is 4. The third kappa shape index (κ3) is 5.29. The van der Waals surface area contributed by atoms with Crippen LogP contribution in [0.15, 0.2) is 24.3 Å². The molecule has 7 nitrogen and oxygen atoms in total. The highest BCUT2D eigenvalue weighted by atomic mass is 32.2. The lowest BCUT2D eigenvalue weighted by Gasteiger charge is -2.07. The van der Waals surface area contributed by atoms with E-state index in [0.29, 0.717) is 12.2 Å². The molecule has 2 amide bonds. The number of amides is 2. The summed E-state index contributed by atoms with van der Waals surface area (Å²) in [6, 6.07) is 6.07. The molecule has 8 heteroatoms. The summed E-state index contributed by atoms with van der Waals surface area (Å²) in [6.07, 6.45) is 0. The van der Waals surface area contributed by atoms with Crippen molar-refractivity contribution in [2.75, 3.05) is 11.2 Å². The van der Waals surface area contributed by atoms with Gasteiger partial charge in [0.05, 0.1) is 0 Å². The zero-order valence-electron chi connectivity index (χ0n) is 8.88. The summed E-state index contributed by atoms with van der Waals surface area (Å²) in [4.78, 5) is 11.2. The molecule has 0 aliphatic rings. The van der Waals surface area contributed by atoms with E-state index < -0.39 is 22.0 Å². The molecule has 0 radical (unpaired) electrons. The van der Waals surface area contributed by atoms with E-state index in [1.54, 1.807) is 24.3 Å². The zero-order chi connectivity index (χ0) is 12.9. The summed E-state index contributed by atoms with van der Waals surface area (Å²) in [7, 11) is -4.22. The standard InChI is InChI=1S/C9H13N3O4S/c10-5-7-2-1-3-8(4-7)12-9(13)11-6-17(14,15)16/h1-4H,5-6,10H2,(H2,11,12,13)(H,14,15,16). The van der Waals surface area contributed by atoms with E-state index in [1.165, 1.54) is 0 Å². The number of urea groups is 1. The Labute approximate surface area is 98.8 Å². The Balaban J connectivity index is 2.56. The van der Waals surface area contributed by atoms with Crippen LogP contribution in [0.25, 0.3) is 0 Å². The summed E-state index contributed by atoms with van der Waals surface area (Å²) in [6.45, 7) is 0.335. The lowest BCUT2D eigenvalue weighted by Crippen LogP contribution is -2.33. The topological polar surface area (TPSA) is 122 Å². The Morgan fingerprint density at radius 2 is 2.12 bits per heavy atom. The van der Waals surface area contributed by atoms with E-state index in [2.05, 4.69) is 5.32 Å². The maximum atomic E-state index is 11.2. The molecule has 0 bridgehead atoms. The van der Waals surface area contributed by atoms with Crippen LogP contribution in [0.2, 0.25) is 0 Å². The lowest BCUT2D eigenvalue weighted by molar-refractivity contribution is 0.253. The van der Waals surface area contributed by atoms with Crippen molar-refractivity contribution in [2.45, 2.75) is 6.54 Å². The number of hydrogen-bond donors (Lipinski definition) is 4. The average molecular weight is 259 g/mol. The molecule has 0 unspecified atom stereocenters. The number of hydrogen-bond acceptors (Lipinski definition) is 4. The Hall–Kier alpha value is -1.64. The number of carbonyl (C=O) groups is 1. The van der Waals surface area contributed by atoms with Crippen LogP contribution in [-0.2, 0) is 16.7 Å². The highest BCUT2D eigenvalue weighted by molar-refractivity contribution is 7.85. The van der Waals surface area contributed by atoms with Gasteiger partial charge in [-0.25, -0.2) is 4.79 Å². The second-order valence-electron chi connectivity index (χ2n) is 3.26. The first-order valence-electron chi connectivity index (χ1n) is 4.70. The molecule has 0 spiro atoms. The Morgan fingerprint density at radius 1 is 1.41 bits per heavy atom. The van der Waals surface area contributed by atoms with E-state index in [1.807, 2.05) is 5.32 Å². The van der Waals surface area contributed by atoms with Gasteiger partial charge in [0, 0.05) is 12.2 Å². The van der Waals surface area contributed by atoms with Gasteiger partial charge in [-0.15, -0.1) is 0 Å². The van der Waals surface area contributed by atoms with Gasteiger partial charge in [-0.05, 0) is 17.7 Å². The number of carbonyl (C=O) groups excluding carboxylic acids is 1. The Kier molecular flexibility index (Phi) is 4.44. The fraction of sp³-hybridized carbons (Fsp3) is 0.222. The van der Waals surface area contributed by atoms with Crippen LogP contribution in [0.1, 0.15) is 5.56 Å². The molecular weight excluding hydrogens is 246 g/mol. The normalized spacial score (nSPS) is 10.9. The summed E-state index contributed by atoms with van der Waals surface area (Å²) in [5.41, 5.74) is 6.74. The van der Waals surface area contributed by atoms with Gasteiger partial charge in [-0.1, -0.05) is 12.1 Å². The quantitative estimate of drug-likeness (QED) is 0.572.